The molecule has 5 rings (SSSR count). The molecule has 1 spiro atoms. The third-order valence-electron chi connectivity index (χ3n) is 6.78. The van der Waals surface area contributed by atoms with Crippen molar-refractivity contribution in [2.45, 2.75) is 67.1 Å². The van der Waals surface area contributed by atoms with Gasteiger partial charge in [0.15, 0.2) is 9.92 Å². The van der Waals surface area contributed by atoms with Gasteiger partial charge in [0.1, 0.15) is 9.81 Å². The molecule has 2 aromatic heterocycles. The van der Waals surface area contributed by atoms with Crippen molar-refractivity contribution in [3.8, 4) is 0 Å². The molecule has 2 amide bonds. The number of thiophene rings is 1. The fourth-order valence-electron chi connectivity index (χ4n) is 4.72. The van der Waals surface area contributed by atoms with Crippen LogP contribution < -0.4 is 10.5 Å². The molecule has 8 nitrogen and oxygen atoms in total. The number of hydrogen-bond donors (Lipinski definition) is 4. The fraction of sp³-hybridized carbons (Fsp3) is 0.524. The smallest absolute Gasteiger partial charge is 0.354 e. The van der Waals surface area contributed by atoms with E-state index in [1.54, 1.807) is 5.38 Å². The van der Waals surface area contributed by atoms with E-state index in [2.05, 4.69) is 9.68 Å². The van der Waals surface area contributed by atoms with Crippen molar-refractivity contribution in [2.24, 2.45) is 9.50 Å². The molecule has 0 saturated heterocycles. The number of nitrogens with zero attached hydrogens (tertiary/aromatic N) is 2. The summed E-state index contributed by atoms with van der Waals surface area (Å²) in [5, 5.41) is 29.9. The molecule has 0 radical (unpaired) electrons. The number of urea groups is 1. The average Bonchev–Trinajstić information content (AvgIpc) is 3.08. The highest BCUT2D eigenvalue weighted by molar-refractivity contribution is 7.93. The summed E-state index contributed by atoms with van der Waals surface area (Å²) in [6.45, 7) is 0.949. The Labute approximate surface area is 185 Å². The van der Waals surface area contributed by atoms with Gasteiger partial charge in [-0.3, -0.25) is 4.98 Å². The highest BCUT2D eigenvalue weighted by Crippen LogP contribution is 2.58. The second-order valence-corrected chi connectivity index (χ2v) is 12.0. The van der Waals surface area contributed by atoms with Gasteiger partial charge in [-0.25, -0.2) is 14.1 Å². The molecule has 2 heterocycles. The predicted molar refractivity (Wildman–Crippen MR) is 119 cm³/mol. The van der Waals surface area contributed by atoms with Crippen LogP contribution >= 0.6 is 11.3 Å². The van der Waals surface area contributed by atoms with E-state index in [9.17, 15) is 19.2 Å². The van der Waals surface area contributed by atoms with E-state index >= 15 is 0 Å². The third kappa shape index (κ3) is 3.50. The zero-order chi connectivity index (χ0) is 22.0. The van der Waals surface area contributed by atoms with E-state index < -0.39 is 28.2 Å². The maximum atomic E-state index is 13.0. The molecule has 1 saturated carbocycles. The molecule has 3 aliphatic carbocycles. The summed E-state index contributed by atoms with van der Waals surface area (Å²) in [5.41, 5.74) is 4.24. The van der Waals surface area contributed by atoms with Crippen LogP contribution in [-0.2, 0) is 40.2 Å². The molecule has 0 aromatic carbocycles. The Morgan fingerprint density at radius 3 is 2.84 bits per heavy atom. The van der Waals surface area contributed by atoms with Gasteiger partial charge in [0.05, 0.1) is 18.0 Å². The Morgan fingerprint density at radius 2 is 2.13 bits per heavy atom. The first-order chi connectivity index (χ1) is 14.7. The number of carbonyl (C=O) groups is 1. The lowest BCUT2D eigenvalue weighted by molar-refractivity contribution is -0.00203. The number of amides is 2. The van der Waals surface area contributed by atoms with Crippen molar-refractivity contribution in [1.82, 2.24) is 4.98 Å². The van der Waals surface area contributed by atoms with Gasteiger partial charge in [0.2, 0.25) is 0 Å². The van der Waals surface area contributed by atoms with Gasteiger partial charge >= 0.3 is 6.03 Å². The lowest BCUT2D eigenvalue weighted by atomic mass is 10.0. The van der Waals surface area contributed by atoms with Crippen LogP contribution in [0.2, 0.25) is 0 Å². The van der Waals surface area contributed by atoms with Crippen LogP contribution in [0, 0.1) is 0 Å². The fourth-order valence-corrected chi connectivity index (χ4v) is 6.96. The predicted octanol–water partition coefficient (Wildman–Crippen LogP) is 2.74. The SMILES string of the molecule is CC(O)(CO)c1csc([S@](N)(=O)=NC(=O)Nc2c3c(nc4c2CCC42CC2)CCC3)c1. The molecule has 10 heteroatoms. The van der Waals surface area contributed by atoms with Crippen molar-refractivity contribution >= 4 is 33.0 Å². The lowest BCUT2D eigenvalue weighted by Crippen LogP contribution is -2.25. The van der Waals surface area contributed by atoms with Crippen LogP contribution in [0.15, 0.2) is 20.0 Å². The number of aliphatic hydroxyl groups excluding tert-OH is 1. The number of rotatable bonds is 4. The van der Waals surface area contributed by atoms with Gasteiger partial charge in [-0.1, -0.05) is 0 Å². The van der Waals surface area contributed by atoms with Crippen LogP contribution in [0.3, 0.4) is 0 Å². The van der Waals surface area contributed by atoms with Crippen LogP contribution in [0.1, 0.15) is 60.7 Å². The molecule has 31 heavy (non-hydrogen) atoms. The number of pyridine rings is 1. The highest BCUT2D eigenvalue weighted by atomic mass is 32.2. The minimum atomic E-state index is -3.49. The van der Waals surface area contributed by atoms with E-state index in [-0.39, 0.29) is 9.62 Å². The topological polar surface area (TPSA) is 138 Å². The normalized spacial score (nSPS) is 21.8. The molecule has 5 N–H and O–H groups in total. The first-order valence-corrected chi connectivity index (χ1v) is 12.9. The van der Waals surface area contributed by atoms with Gasteiger partial charge in [0.25, 0.3) is 0 Å². The number of nitrogens with two attached hydrogens (primary N) is 1. The van der Waals surface area contributed by atoms with Gasteiger partial charge < -0.3 is 15.5 Å². The summed E-state index contributed by atoms with van der Waals surface area (Å²) in [5.74, 6) is 0. The summed E-state index contributed by atoms with van der Waals surface area (Å²) in [6.07, 6.45) is 7.03. The summed E-state index contributed by atoms with van der Waals surface area (Å²) in [4.78, 5) is 17.8. The molecule has 1 unspecified atom stereocenters. The second kappa shape index (κ2) is 7.08. The van der Waals surface area contributed by atoms with Gasteiger partial charge in [-0.15, -0.1) is 15.7 Å². The first-order valence-electron chi connectivity index (χ1n) is 10.5. The molecule has 0 aliphatic heterocycles. The molecule has 0 bridgehead atoms. The van der Waals surface area contributed by atoms with Crippen LogP contribution in [0.4, 0.5) is 10.5 Å². The van der Waals surface area contributed by atoms with E-state index in [1.807, 2.05) is 0 Å². The number of fused-ring (bicyclic) bond motifs is 3. The number of aromatic nitrogens is 1. The van der Waals surface area contributed by atoms with Crippen LogP contribution in [-0.4, -0.2) is 32.0 Å². The summed E-state index contributed by atoms with van der Waals surface area (Å²) >= 11 is 1.04. The van der Waals surface area contributed by atoms with E-state index in [0.29, 0.717) is 5.56 Å². The minimum Gasteiger partial charge on any atom is -0.393 e. The van der Waals surface area contributed by atoms with Gasteiger partial charge in [-0.2, -0.15) is 0 Å². The van der Waals surface area contributed by atoms with Crippen LogP contribution in [0.25, 0.3) is 0 Å². The molecule has 2 atom stereocenters. The number of aliphatic hydroxyl groups is 2. The lowest BCUT2D eigenvalue weighted by Gasteiger charge is -2.18. The van der Waals surface area contributed by atoms with Crippen molar-refractivity contribution in [2.75, 3.05) is 11.9 Å². The summed E-state index contributed by atoms with van der Waals surface area (Å²) in [7, 11) is -3.49. The number of aryl methyl sites for hydroxylation is 1. The Bertz CT molecular complexity index is 1210. The molecule has 3 aliphatic rings. The van der Waals surface area contributed by atoms with E-state index in [4.69, 9.17) is 10.1 Å². The standard InChI is InChI=1S/C21H26N4O4S2/c1-20(28,11-26)12-9-16(30-10-12)31(22,29)25-19(27)24-17-13-3-2-4-15(13)23-18-14(17)5-6-21(18)7-8-21/h9-10,26,28H,2-8,11H2,1H3,(H3,22,23,24,25,27,29)/t20?,31-/m1/s1. The number of nitrogens with one attached hydrogen (secondary N) is 1. The van der Waals surface area contributed by atoms with E-state index in [1.165, 1.54) is 13.0 Å². The zero-order valence-electron chi connectivity index (χ0n) is 17.3. The highest BCUT2D eigenvalue weighted by Gasteiger charge is 2.51. The largest absolute Gasteiger partial charge is 0.393 e. The third-order valence-corrected chi connectivity index (χ3v) is 9.64. The monoisotopic (exact) mass is 462 g/mol. The van der Waals surface area contributed by atoms with Gasteiger partial charge in [-0.05, 0) is 80.0 Å². The van der Waals surface area contributed by atoms with E-state index in [0.717, 1.165) is 84.5 Å². The quantitative estimate of drug-likeness (QED) is 0.553. The minimum absolute atomic E-state index is 0.175. The van der Waals surface area contributed by atoms with Crippen molar-refractivity contribution in [1.29, 1.82) is 0 Å². The Hall–Kier alpha value is -1.85. The summed E-state index contributed by atoms with van der Waals surface area (Å²) < 4.78 is 17.0. The molecular weight excluding hydrogens is 436 g/mol. The van der Waals surface area contributed by atoms with Gasteiger partial charge in [0, 0.05) is 11.1 Å². The van der Waals surface area contributed by atoms with Crippen LogP contribution in [0.5, 0.6) is 0 Å². The Balaban J connectivity index is 1.46. The first kappa shape index (κ1) is 21.0. The Kier molecular flexibility index (Phi) is 4.80. The zero-order valence-corrected chi connectivity index (χ0v) is 18.9. The number of hydrogen-bond acceptors (Lipinski definition) is 6. The Morgan fingerprint density at radius 1 is 1.35 bits per heavy atom. The molecular formula is C21H26N4O4S2. The number of anilines is 1. The van der Waals surface area contributed by atoms with Crippen molar-refractivity contribution in [3.05, 3.63) is 39.5 Å². The average molecular weight is 463 g/mol. The maximum absolute atomic E-state index is 13.0. The molecule has 2 aromatic rings. The molecule has 166 valence electrons. The number of carbonyl (C=O) groups excluding carboxylic acids is 1. The summed E-state index contributed by atoms with van der Waals surface area (Å²) in [6, 6.07) is 0.689. The second-order valence-electron chi connectivity index (χ2n) is 9.05. The van der Waals surface area contributed by atoms with Crippen molar-refractivity contribution in [3.63, 3.8) is 0 Å². The maximum Gasteiger partial charge on any atom is 0.354 e. The van der Waals surface area contributed by atoms with Crippen molar-refractivity contribution < 1.29 is 19.2 Å². The molecule has 1 fully saturated rings.